The Morgan fingerprint density at radius 2 is 2.00 bits per heavy atom. The van der Waals surface area contributed by atoms with Crippen LogP contribution < -0.4 is 0 Å². The molecule has 2 heteroatoms. The Morgan fingerprint density at radius 3 is 2.74 bits per heavy atom. The molecule has 19 heavy (non-hydrogen) atoms. The summed E-state index contributed by atoms with van der Waals surface area (Å²) in [7, 11) is 0. The molecule has 0 aromatic rings. The molecule has 0 spiro atoms. The summed E-state index contributed by atoms with van der Waals surface area (Å²) >= 11 is 0. The highest BCUT2D eigenvalue weighted by molar-refractivity contribution is 4.96. The molecule has 2 saturated heterocycles. The average molecular weight is 262 g/mol. The van der Waals surface area contributed by atoms with Gasteiger partial charge in [-0.3, -0.25) is 9.80 Å². The lowest BCUT2D eigenvalue weighted by molar-refractivity contribution is 0.0315. The van der Waals surface area contributed by atoms with Crippen LogP contribution in [0.3, 0.4) is 0 Å². The lowest BCUT2D eigenvalue weighted by Crippen LogP contribution is -2.56. The van der Waals surface area contributed by atoms with Gasteiger partial charge in [0.15, 0.2) is 0 Å². The van der Waals surface area contributed by atoms with Crippen molar-refractivity contribution in [2.24, 2.45) is 17.8 Å². The van der Waals surface area contributed by atoms with E-state index in [0.717, 1.165) is 29.8 Å². The molecule has 5 unspecified atom stereocenters. The lowest BCUT2D eigenvalue weighted by atomic mass is 9.87. The van der Waals surface area contributed by atoms with Gasteiger partial charge in [-0.25, -0.2) is 0 Å². The number of rotatable bonds is 3. The molecule has 0 N–H and O–H groups in total. The molecule has 108 valence electrons. The van der Waals surface area contributed by atoms with E-state index in [1.807, 2.05) is 0 Å². The Balaban J connectivity index is 1.41. The van der Waals surface area contributed by atoms with Crippen LogP contribution in [0.25, 0.3) is 0 Å². The Labute approximate surface area is 118 Å². The maximum Gasteiger partial charge on any atom is 0.0224 e. The smallest absolute Gasteiger partial charge is 0.0224 e. The third kappa shape index (κ3) is 2.25. The van der Waals surface area contributed by atoms with Crippen molar-refractivity contribution in [1.82, 2.24) is 9.80 Å². The van der Waals surface area contributed by atoms with Crippen LogP contribution in [0.1, 0.15) is 51.9 Å². The second-order valence-electron chi connectivity index (χ2n) is 7.74. The Hall–Kier alpha value is -0.0800. The van der Waals surface area contributed by atoms with E-state index in [0.29, 0.717) is 0 Å². The molecule has 4 rings (SSSR count). The van der Waals surface area contributed by atoms with Crippen molar-refractivity contribution >= 4 is 0 Å². The van der Waals surface area contributed by atoms with Gasteiger partial charge in [0.25, 0.3) is 0 Å². The van der Waals surface area contributed by atoms with E-state index >= 15 is 0 Å². The van der Waals surface area contributed by atoms with Gasteiger partial charge in [-0.15, -0.1) is 0 Å². The van der Waals surface area contributed by atoms with Crippen molar-refractivity contribution in [3.8, 4) is 0 Å². The number of piperazine rings is 1. The molecule has 0 aromatic heterocycles. The first-order valence-corrected chi connectivity index (χ1v) is 8.81. The molecule has 0 amide bonds. The highest BCUT2D eigenvalue weighted by Crippen LogP contribution is 2.48. The van der Waals surface area contributed by atoms with Crippen LogP contribution in [-0.4, -0.2) is 48.1 Å². The second kappa shape index (κ2) is 5.04. The van der Waals surface area contributed by atoms with Crippen LogP contribution in [0.2, 0.25) is 0 Å². The van der Waals surface area contributed by atoms with E-state index in [1.165, 1.54) is 45.4 Å². The highest BCUT2D eigenvalue weighted by Gasteiger charge is 2.42. The molecule has 5 atom stereocenters. The van der Waals surface area contributed by atoms with Crippen molar-refractivity contribution in [2.45, 2.75) is 64.0 Å². The third-order valence-electron chi connectivity index (χ3n) is 6.73. The van der Waals surface area contributed by atoms with Crippen molar-refractivity contribution in [3.63, 3.8) is 0 Å². The SMILES string of the molecule is CCC1CN2CCCC2CN1CC1CC2CCC1C2. The summed E-state index contributed by atoms with van der Waals surface area (Å²) in [5, 5.41) is 0. The van der Waals surface area contributed by atoms with Crippen molar-refractivity contribution in [2.75, 3.05) is 26.2 Å². The molecule has 4 fully saturated rings. The van der Waals surface area contributed by atoms with Crippen LogP contribution in [0.15, 0.2) is 0 Å². The van der Waals surface area contributed by atoms with Gasteiger partial charge >= 0.3 is 0 Å². The molecule has 2 bridgehead atoms. The first kappa shape index (κ1) is 12.6. The summed E-state index contributed by atoms with van der Waals surface area (Å²) in [6, 6.07) is 1.76. The summed E-state index contributed by atoms with van der Waals surface area (Å²) in [4.78, 5) is 5.68. The zero-order chi connectivity index (χ0) is 12.8. The number of nitrogens with zero attached hydrogens (tertiary/aromatic N) is 2. The summed E-state index contributed by atoms with van der Waals surface area (Å²) in [5.74, 6) is 3.27. The van der Waals surface area contributed by atoms with Crippen LogP contribution in [-0.2, 0) is 0 Å². The summed E-state index contributed by atoms with van der Waals surface area (Å²) < 4.78 is 0. The zero-order valence-electron chi connectivity index (χ0n) is 12.6. The average Bonchev–Trinajstić information content (AvgIpc) is 3.12. The standard InChI is InChI=1S/C17H30N2/c1-2-16-11-18-7-3-4-17(18)12-19(16)10-15-9-13-5-6-14(15)8-13/h13-17H,2-12H2,1H3. The molecular formula is C17H30N2. The molecule has 0 aromatic carbocycles. The zero-order valence-corrected chi connectivity index (χ0v) is 12.6. The van der Waals surface area contributed by atoms with Crippen molar-refractivity contribution in [1.29, 1.82) is 0 Å². The monoisotopic (exact) mass is 262 g/mol. The summed E-state index contributed by atoms with van der Waals surface area (Å²) in [5.41, 5.74) is 0. The third-order valence-corrected chi connectivity index (χ3v) is 6.73. The Kier molecular flexibility index (Phi) is 3.35. The highest BCUT2D eigenvalue weighted by atomic mass is 15.3. The molecule has 4 aliphatic rings. The van der Waals surface area contributed by atoms with Gasteiger partial charge in [0.2, 0.25) is 0 Å². The molecular weight excluding hydrogens is 232 g/mol. The quantitative estimate of drug-likeness (QED) is 0.771. The number of fused-ring (bicyclic) bond motifs is 3. The fraction of sp³-hybridized carbons (Fsp3) is 1.00. The molecule has 2 aliphatic heterocycles. The summed E-state index contributed by atoms with van der Waals surface area (Å²) in [6.45, 7) is 7.95. The maximum atomic E-state index is 2.90. The largest absolute Gasteiger partial charge is 0.298 e. The van der Waals surface area contributed by atoms with Crippen LogP contribution in [0.4, 0.5) is 0 Å². The topological polar surface area (TPSA) is 6.48 Å². The number of hydrogen-bond acceptors (Lipinski definition) is 2. The lowest BCUT2D eigenvalue weighted by Gasteiger charge is -2.45. The molecule has 2 saturated carbocycles. The van der Waals surface area contributed by atoms with E-state index in [9.17, 15) is 0 Å². The van der Waals surface area contributed by atoms with E-state index in [4.69, 9.17) is 0 Å². The van der Waals surface area contributed by atoms with E-state index in [1.54, 1.807) is 25.7 Å². The van der Waals surface area contributed by atoms with Crippen molar-refractivity contribution < 1.29 is 0 Å². The van der Waals surface area contributed by atoms with Crippen molar-refractivity contribution in [3.05, 3.63) is 0 Å². The minimum atomic E-state index is 0.855. The van der Waals surface area contributed by atoms with Crippen LogP contribution in [0, 0.1) is 17.8 Å². The van der Waals surface area contributed by atoms with Gasteiger partial charge < -0.3 is 0 Å². The second-order valence-corrected chi connectivity index (χ2v) is 7.74. The molecule has 2 aliphatic carbocycles. The van der Waals surface area contributed by atoms with E-state index in [2.05, 4.69) is 16.7 Å². The van der Waals surface area contributed by atoms with Crippen LogP contribution >= 0.6 is 0 Å². The molecule has 2 nitrogen and oxygen atoms in total. The Morgan fingerprint density at radius 1 is 1.05 bits per heavy atom. The van der Waals surface area contributed by atoms with Gasteiger partial charge in [0, 0.05) is 31.7 Å². The minimum Gasteiger partial charge on any atom is -0.298 e. The predicted molar refractivity (Wildman–Crippen MR) is 79.2 cm³/mol. The molecule has 2 heterocycles. The Bertz CT molecular complexity index is 329. The normalized spacial score (nSPS) is 46.9. The summed E-state index contributed by atoms with van der Waals surface area (Å²) in [6.07, 6.45) is 10.5. The maximum absolute atomic E-state index is 2.90. The predicted octanol–water partition coefficient (Wildman–Crippen LogP) is 2.98. The first-order chi connectivity index (χ1) is 9.33. The van der Waals surface area contributed by atoms with Crippen LogP contribution in [0.5, 0.6) is 0 Å². The molecule has 0 radical (unpaired) electrons. The minimum absolute atomic E-state index is 0.855. The van der Waals surface area contributed by atoms with Gasteiger partial charge in [-0.1, -0.05) is 13.3 Å². The van der Waals surface area contributed by atoms with Gasteiger partial charge in [-0.05, 0) is 62.8 Å². The van der Waals surface area contributed by atoms with Gasteiger partial charge in [-0.2, -0.15) is 0 Å². The van der Waals surface area contributed by atoms with Gasteiger partial charge in [0.05, 0.1) is 0 Å². The number of hydrogen-bond donors (Lipinski definition) is 0. The first-order valence-electron chi connectivity index (χ1n) is 8.81. The fourth-order valence-electron chi connectivity index (χ4n) is 5.66. The van der Waals surface area contributed by atoms with E-state index < -0.39 is 0 Å². The fourth-order valence-corrected chi connectivity index (χ4v) is 5.66. The van der Waals surface area contributed by atoms with Gasteiger partial charge in [0.1, 0.15) is 0 Å². The van der Waals surface area contributed by atoms with E-state index in [-0.39, 0.29) is 0 Å².